The summed E-state index contributed by atoms with van der Waals surface area (Å²) in [5, 5.41) is 10.8. The number of nitro benzene ring substituents is 1. The lowest BCUT2D eigenvalue weighted by atomic mass is 10.2. The second-order valence-electron chi connectivity index (χ2n) is 2.56. The zero-order valence-electron chi connectivity index (χ0n) is 7.20. The van der Waals surface area contributed by atoms with Gasteiger partial charge in [0.2, 0.25) is 0 Å². The van der Waals surface area contributed by atoms with E-state index in [4.69, 9.17) is 11.6 Å². The number of thioether (sulfide) groups is 1. The first-order chi connectivity index (χ1) is 6.06. The standard InChI is InChI=1S/C8H8ClNO2S/c1-5-3-6(10(11)12)8(9)7(4-5)13-2/h3-4H,1-2H3. The molecule has 0 amide bonds. The molecule has 0 heterocycles. The third-order valence-electron chi connectivity index (χ3n) is 1.58. The summed E-state index contributed by atoms with van der Waals surface area (Å²) >= 11 is 7.22. The highest BCUT2D eigenvalue weighted by atomic mass is 35.5. The SMILES string of the molecule is CSc1cc(C)cc([N+](=O)[O-])c1Cl. The molecule has 5 heteroatoms. The van der Waals surface area contributed by atoms with Crippen molar-refractivity contribution in [2.75, 3.05) is 6.26 Å². The van der Waals surface area contributed by atoms with E-state index in [1.54, 1.807) is 0 Å². The van der Waals surface area contributed by atoms with Crippen LogP contribution in [-0.4, -0.2) is 11.2 Å². The van der Waals surface area contributed by atoms with E-state index >= 15 is 0 Å². The topological polar surface area (TPSA) is 43.1 Å². The lowest BCUT2D eigenvalue weighted by molar-refractivity contribution is -0.384. The van der Waals surface area contributed by atoms with Gasteiger partial charge in [0.05, 0.1) is 4.92 Å². The van der Waals surface area contributed by atoms with Gasteiger partial charge in [0.15, 0.2) is 0 Å². The number of hydrogen-bond acceptors (Lipinski definition) is 3. The van der Waals surface area contributed by atoms with Gasteiger partial charge in [0.25, 0.3) is 5.69 Å². The number of rotatable bonds is 2. The second kappa shape index (κ2) is 3.98. The van der Waals surface area contributed by atoms with E-state index in [-0.39, 0.29) is 10.7 Å². The Bertz CT molecular complexity index is 354. The molecule has 13 heavy (non-hydrogen) atoms. The van der Waals surface area contributed by atoms with Crippen LogP contribution in [0.15, 0.2) is 17.0 Å². The van der Waals surface area contributed by atoms with Gasteiger partial charge in [-0.3, -0.25) is 10.1 Å². The predicted octanol–water partition coefficient (Wildman–Crippen LogP) is 3.28. The van der Waals surface area contributed by atoms with Crippen molar-refractivity contribution in [3.8, 4) is 0 Å². The number of nitro groups is 1. The predicted molar refractivity (Wildman–Crippen MR) is 54.6 cm³/mol. The highest BCUT2D eigenvalue weighted by Crippen LogP contribution is 2.34. The van der Waals surface area contributed by atoms with E-state index in [1.165, 1.54) is 17.8 Å². The summed E-state index contributed by atoms with van der Waals surface area (Å²) in [6, 6.07) is 3.31. The summed E-state index contributed by atoms with van der Waals surface area (Å²) in [4.78, 5) is 10.8. The van der Waals surface area contributed by atoms with Crippen LogP contribution in [0.4, 0.5) is 5.69 Å². The van der Waals surface area contributed by atoms with Crippen molar-refractivity contribution >= 4 is 29.1 Å². The van der Waals surface area contributed by atoms with Gasteiger partial charge < -0.3 is 0 Å². The first kappa shape index (κ1) is 10.3. The third-order valence-corrected chi connectivity index (χ3v) is 2.85. The zero-order valence-corrected chi connectivity index (χ0v) is 8.78. The summed E-state index contributed by atoms with van der Waals surface area (Å²) < 4.78 is 0. The molecular formula is C8H8ClNO2S. The smallest absolute Gasteiger partial charge is 0.258 e. The van der Waals surface area contributed by atoms with Gasteiger partial charge in [-0.2, -0.15) is 0 Å². The molecule has 0 N–H and O–H groups in total. The largest absolute Gasteiger partial charge is 0.289 e. The van der Waals surface area contributed by atoms with Crippen molar-refractivity contribution in [2.24, 2.45) is 0 Å². The average molecular weight is 218 g/mol. The number of nitrogens with zero attached hydrogens (tertiary/aromatic N) is 1. The molecule has 0 radical (unpaired) electrons. The summed E-state index contributed by atoms with van der Waals surface area (Å²) in [5.41, 5.74) is 0.825. The monoisotopic (exact) mass is 217 g/mol. The van der Waals surface area contributed by atoms with Crippen molar-refractivity contribution in [1.82, 2.24) is 0 Å². The van der Waals surface area contributed by atoms with Gasteiger partial charge in [0, 0.05) is 11.0 Å². The summed E-state index contributed by atoms with van der Waals surface area (Å²) in [6.07, 6.45) is 1.84. The quantitative estimate of drug-likeness (QED) is 0.434. The maximum atomic E-state index is 10.6. The maximum Gasteiger partial charge on any atom is 0.289 e. The normalized spacial score (nSPS) is 10.1. The van der Waals surface area contributed by atoms with Crippen molar-refractivity contribution in [1.29, 1.82) is 0 Å². The molecule has 0 bridgehead atoms. The zero-order chi connectivity index (χ0) is 10.0. The Balaban J connectivity index is 3.35. The molecule has 0 atom stereocenters. The van der Waals surface area contributed by atoms with Crippen molar-refractivity contribution < 1.29 is 4.92 Å². The first-order valence-electron chi connectivity index (χ1n) is 3.54. The lowest BCUT2D eigenvalue weighted by Crippen LogP contribution is -1.91. The Labute approximate surface area is 85.2 Å². The molecule has 70 valence electrons. The van der Waals surface area contributed by atoms with Crippen molar-refractivity contribution in [3.05, 3.63) is 32.8 Å². The van der Waals surface area contributed by atoms with Gasteiger partial charge >= 0.3 is 0 Å². The Kier molecular flexibility index (Phi) is 3.17. The molecule has 0 aliphatic heterocycles. The minimum Gasteiger partial charge on any atom is -0.258 e. The van der Waals surface area contributed by atoms with Gasteiger partial charge in [-0.1, -0.05) is 11.6 Å². The van der Waals surface area contributed by atoms with E-state index < -0.39 is 4.92 Å². The number of benzene rings is 1. The minimum absolute atomic E-state index is 0.0222. The summed E-state index contributed by atoms with van der Waals surface area (Å²) in [6.45, 7) is 1.81. The minimum atomic E-state index is -0.463. The number of aryl methyl sites for hydroxylation is 1. The molecule has 0 saturated carbocycles. The Hall–Kier alpha value is -0.740. The molecule has 0 aromatic heterocycles. The molecule has 3 nitrogen and oxygen atoms in total. The van der Waals surface area contributed by atoms with E-state index in [0.29, 0.717) is 0 Å². The van der Waals surface area contributed by atoms with Crippen LogP contribution in [0.3, 0.4) is 0 Å². The fraction of sp³-hybridized carbons (Fsp3) is 0.250. The maximum absolute atomic E-state index is 10.6. The van der Waals surface area contributed by atoms with Gasteiger partial charge in [-0.05, 0) is 24.8 Å². The summed E-state index contributed by atoms with van der Waals surface area (Å²) in [7, 11) is 0. The van der Waals surface area contributed by atoms with Gasteiger partial charge in [0.1, 0.15) is 5.02 Å². The van der Waals surface area contributed by atoms with E-state index in [9.17, 15) is 10.1 Å². The molecule has 0 aliphatic rings. The molecule has 1 aromatic carbocycles. The Morgan fingerprint density at radius 1 is 1.54 bits per heavy atom. The van der Waals surface area contributed by atoms with Crippen LogP contribution in [0.5, 0.6) is 0 Å². The van der Waals surface area contributed by atoms with Crippen LogP contribution >= 0.6 is 23.4 Å². The van der Waals surface area contributed by atoms with Crippen LogP contribution in [0.25, 0.3) is 0 Å². The van der Waals surface area contributed by atoms with Crippen LogP contribution in [0.2, 0.25) is 5.02 Å². The van der Waals surface area contributed by atoms with E-state index in [1.807, 2.05) is 19.2 Å². The van der Waals surface area contributed by atoms with Crippen LogP contribution in [0.1, 0.15) is 5.56 Å². The summed E-state index contributed by atoms with van der Waals surface area (Å²) in [5.74, 6) is 0. The van der Waals surface area contributed by atoms with E-state index in [0.717, 1.165) is 10.5 Å². The number of hydrogen-bond donors (Lipinski definition) is 0. The van der Waals surface area contributed by atoms with Crippen LogP contribution < -0.4 is 0 Å². The van der Waals surface area contributed by atoms with Gasteiger partial charge in [-0.25, -0.2) is 0 Å². The molecule has 0 spiro atoms. The van der Waals surface area contributed by atoms with E-state index in [2.05, 4.69) is 0 Å². The molecule has 1 rings (SSSR count). The Morgan fingerprint density at radius 2 is 2.15 bits per heavy atom. The molecular weight excluding hydrogens is 210 g/mol. The Morgan fingerprint density at radius 3 is 2.62 bits per heavy atom. The first-order valence-corrected chi connectivity index (χ1v) is 5.15. The van der Waals surface area contributed by atoms with Crippen LogP contribution in [-0.2, 0) is 0 Å². The highest BCUT2D eigenvalue weighted by Gasteiger charge is 2.15. The van der Waals surface area contributed by atoms with Crippen molar-refractivity contribution in [2.45, 2.75) is 11.8 Å². The molecule has 0 aliphatic carbocycles. The third kappa shape index (κ3) is 2.14. The fourth-order valence-corrected chi connectivity index (χ4v) is 2.00. The molecule has 0 unspecified atom stereocenters. The molecule has 0 saturated heterocycles. The highest BCUT2D eigenvalue weighted by molar-refractivity contribution is 7.98. The van der Waals surface area contributed by atoms with Crippen molar-refractivity contribution in [3.63, 3.8) is 0 Å². The molecule has 0 fully saturated rings. The van der Waals surface area contributed by atoms with Crippen LogP contribution in [0, 0.1) is 17.0 Å². The second-order valence-corrected chi connectivity index (χ2v) is 3.78. The molecule has 1 aromatic rings. The average Bonchev–Trinajstić information content (AvgIpc) is 2.08. The lowest BCUT2D eigenvalue weighted by Gasteiger charge is -2.02. The van der Waals surface area contributed by atoms with Gasteiger partial charge in [-0.15, -0.1) is 11.8 Å². The number of halogens is 1. The fourth-order valence-electron chi connectivity index (χ4n) is 0.998.